The average molecular weight is 394 g/mol. The topological polar surface area (TPSA) is 80.1 Å². The molecule has 1 fully saturated rings. The van der Waals surface area contributed by atoms with Crippen molar-refractivity contribution >= 4 is 21.0 Å². The average Bonchev–Trinajstić information content (AvgIpc) is 2.66. The third kappa shape index (κ3) is 4.76. The van der Waals surface area contributed by atoms with Gasteiger partial charge in [0, 0.05) is 38.7 Å². The summed E-state index contributed by atoms with van der Waals surface area (Å²) in [6.45, 7) is 4.09. The molecule has 0 atom stereocenters. The van der Waals surface area contributed by atoms with Crippen LogP contribution in [-0.2, 0) is 14.8 Å². The van der Waals surface area contributed by atoms with Crippen LogP contribution in [0.15, 0.2) is 44.4 Å². The van der Waals surface area contributed by atoms with Crippen molar-refractivity contribution in [1.29, 1.82) is 0 Å². The molecule has 0 spiro atoms. The molecule has 0 bridgehead atoms. The Morgan fingerprint density at radius 2 is 1.96 bits per heavy atom. The monoisotopic (exact) mass is 394 g/mol. The minimum atomic E-state index is -3.59. The highest BCUT2D eigenvalue weighted by molar-refractivity contribution is 7.89. The first-order valence-electron chi connectivity index (χ1n) is 9.11. The molecule has 27 heavy (non-hydrogen) atoms. The lowest BCUT2D eigenvalue weighted by molar-refractivity contribution is 0.116. The van der Waals surface area contributed by atoms with Gasteiger partial charge in [-0.05, 0) is 56.1 Å². The number of piperidine rings is 1. The minimum Gasteiger partial charge on any atom is -0.423 e. The number of nitrogens with zero attached hydrogens (tertiary/aromatic N) is 2. The van der Waals surface area contributed by atoms with Gasteiger partial charge in [-0.3, -0.25) is 0 Å². The Bertz CT molecular complexity index is 933. The van der Waals surface area contributed by atoms with Gasteiger partial charge >= 0.3 is 5.63 Å². The first-order valence-corrected chi connectivity index (χ1v) is 10.6. The van der Waals surface area contributed by atoms with Crippen molar-refractivity contribution in [2.75, 3.05) is 46.9 Å². The molecule has 2 heterocycles. The van der Waals surface area contributed by atoms with Crippen LogP contribution in [0.5, 0.6) is 0 Å². The Kier molecular flexibility index (Phi) is 6.31. The molecule has 0 radical (unpaired) electrons. The van der Waals surface area contributed by atoms with Crippen LogP contribution in [0.25, 0.3) is 11.0 Å². The van der Waals surface area contributed by atoms with Gasteiger partial charge in [0.1, 0.15) is 5.58 Å². The molecule has 1 aromatic carbocycles. The molecule has 2 aromatic rings. The maximum absolute atomic E-state index is 12.9. The molecule has 148 valence electrons. The van der Waals surface area contributed by atoms with E-state index >= 15 is 0 Å². The summed E-state index contributed by atoms with van der Waals surface area (Å²) in [5.74, 6) is 0.349. The SMILES string of the molecule is COCCN1CCC(CN(C)S(=O)(=O)c2ccc3oc(=O)ccc3c2)CC1. The van der Waals surface area contributed by atoms with E-state index in [0.29, 0.717) is 23.4 Å². The van der Waals surface area contributed by atoms with E-state index < -0.39 is 15.6 Å². The van der Waals surface area contributed by atoms with Crippen molar-refractivity contribution in [3.63, 3.8) is 0 Å². The predicted octanol–water partition coefficient (Wildman–Crippen LogP) is 1.77. The van der Waals surface area contributed by atoms with Gasteiger partial charge in [0.25, 0.3) is 0 Å². The molecular formula is C19H26N2O5S. The summed E-state index contributed by atoms with van der Waals surface area (Å²) in [7, 11) is -0.259. The number of methoxy groups -OCH3 is 1. The number of fused-ring (bicyclic) bond motifs is 1. The van der Waals surface area contributed by atoms with Gasteiger partial charge in [-0.15, -0.1) is 0 Å². The zero-order chi connectivity index (χ0) is 19.4. The fourth-order valence-electron chi connectivity index (χ4n) is 3.47. The highest BCUT2D eigenvalue weighted by Gasteiger charge is 2.26. The summed E-state index contributed by atoms with van der Waals surface area (Å²) in [4.78, 5) is 13.8. The van der Waals surface area contributed by atoms with Crippen LogP contribution < -0.4 is 5.63 Å². The summed E-state index contributed by atoms with van der Waals surface area (Å²) >= 11 is 0. The van der Waals surface area contributed by atoms with Crippen LogP contribution in [0.3, 0.4) is 0 Å². The van der Waals surface area contributed by atoms with Crippen molar-refractivity contribution < 1.29 is 17.6 Å². The lowest BCUT2D eigenvalue weighted by atomic mass is 9.97. The Labute approximate surface area is 159 Å². The Morgan fingerprint density at radius 3 is 2.67 bits per heavy atom. The van der Waals surface area contributed by atoms with Crippen molar-refractivity contribution in [2.24, 2.45) is 5.92 Å². The third-order valence-electron chi connectivity index (χ3n) is 5.13. The molecular weight excluding hydrogens is 368 g/mol. The quantitative estimate of drug-likeness (QED) is 0.666. The summed E-state index contributed by atoms with van der Waals surface area (Å²) in [5, 5.41) is 0.593. The van der Waals surface area contributed by atoms with Gasteiger partial charge in [-0.2, -0.15) is 0 Å². The molecule has 0 N–H and O–H groups in total. The number of likely N-dealkylation sites (tertiary alicyclic amines) is 1. The zero-order valence-electron chi connectivity index (χ0n) is 15.8. The van der Waals surface area contributed by atoms with Gasteiger partial charge in [0.15, 0.2) is 0 Å². The lowest BCUT2D eigenvalue weighted by Crippen LogP contribution is -2.40. The maximum Gasteiger partial charge on any atom is 0.336 e. The number of rotatable bonds is 7. The molecule has 0 unspecified atom stereocenters. The predicted molar refractivity (Wildman–Crippen MR) is 103 cm³/mol. The van der Waals surface area contributed by atoms with Crippen molar-refractivity contribution in [1.82, 2.24) is 9.21 Å². The number of benzene rings is 1. The van der Waals surface area contributed by atoms with Crippen LogP contribution in [0.1, 0.15) is 12.8 Å². The largest absolute Gasteiger partial charge is 0.423 e. The summed E-state index contributed by atoms with van der Waals surface area (Å²) in [6, 6.07) is 7.45. The third-order valence-corrected chi connectivity index (χ3v) is 6.95. The highest BCUT2D eigenvalue weighted by Crippen LogP contribution is 2.24. The van der Waals surface area contributed by atoms with Gasteiger partial charge in [0.05, 0.1) is 11.5 Å². The number of sulfonamides is 1. The van der Waals surface area contributed by atoms with Crippen LogP contribution >= 0.6 is 0 Å². The van der Waals surface area contributed by atoms with Crippen LogP contribution in [-0.4, -0.2) is 64.6 Å². The molecule has 0 aliphatic carbocycles. The standard InChI is InChI=1S/C19H26N2O5S/c1-20(14-15-7-9-21(10-8-15)11-12-25-2)27(23,24)17-4-5-18-16(13-17)3-6-19(22)26-18/h3-6,13,15H,7-12,14H2,1-2H3. The van der Waals surface area contributed by atoms with Crippen LogP contribution in [0.4, 0.5) is 0 Å². The van der Waals surface area contributed by atoms with E-state index in [4.69, 9.17) is 9.15 Å². The molecule has 0 saturated carbocycles. The Balaban J connectivity index is 1.66. The second-order valence-electron chi connectivity index (χ2n) is 7.02. The van der Waals surface area contributed by atoms with Gasteiger partial charge in [-0.25, -0.2) is 17.5 Å². The first kappa shape index (κ1) is 20.0. The van der Waals surface area contributed by atoms with Crippen LogP contribution in [0, 0.1) is 5.92 Å². The molecule has 1 saturated heterocycles. The van der Waals surface area contributed by atoms with Crippen molar-refractivity contribution in [3.05, 3.63) is 40.8 Å². The minimum absolute atomic E-state index is 0.212. The fraction of sp³-hybridized carbons (Fsp3) is 0.526. The maximum atomic E-state index is 12.9. The molecule has 8 heteroatoms. The van der Waals surface area contributed by atoms with E-state index in [0.717, 1.165) is 39.1 Å². The zero-order valence-corrected chi connectivity index (χ0v) is 16.6. The molecule has 0 amide bonds. The van der Waals surface area contributed by atoms with E-state index in [1.165, 1.54) is 22.5 Å². The number of ether oxygens (including phenoxy) is 1. The van der Waals surface area contributed by atoms with Crippen molar-refractivity contribution in [2.45, 2.75) is 17.7 Å². The van der Waals surface area contributed by atoms with E-state index in [1.54, 1.807) is 26.3 Å². The number of hydrogen-bond donors (Lipinski definition) is 0. The normalized spacial score (nSPS) is 17.0. The van der Waals surface area contributed by atoms with E-state index in [-0.39, 0.29) is 4.90 Å². The summed E-state index contributed by atoms with van der Waals surface area (Å²) in [5.41, 5.74) is -0.0698. The van der Waals surface area contributed by atoms with Gasteiger partial charge in [0.2, 0.25) is 10.0 Å². The lowest BCUT2D eigenvalue weighted by Gasteiger charge is -2.33. The fourth-order valence-corrected chi connectivity index (χ4v) is 4.75. The van der Waals surface area contributed by atoms with Gasteiger partial charge < -0.3 is 14.1 Å². The summed E-state index contributed by atoms with van der Waals surface area (Å²) in [6.07, 6.45) is 1.96. The van der Waals surface area contributed by atoms with E-state index in [2.05, 4.69) is 4.90 Å². The molecule has 1 aliphatic rings. The molecule has 1 aliphatic heterocycles. The molecule has 1 aromatic heterocycles. The Morgan fingerprint density at radius 1 is 1.22 bits per heavy atom. The second kappa shape index (κ2) is 8.52. The van der Waals surface area contributed by atoms with Gasteiger partial charge in [-0.1, -0.05) is 0 Å². The Hall–Kier alpha value is -1.74. The second-order valence-corrected chi connectivity index (χ2v) is 9.06. The van der Waals surface area contributed by atoms with Crippen LogP contribution in [0.2, 0.25) is 0 Å². The highest BCUT2D eigenvalue weighted by atomic mass is 32.2. The molecule has 3 rings (SSSR count). The number of hydrogen-bond acceptors (Lipinski definition) is 6. The molecule has 7 nitrogen and oxygen atoms in total. The first-order chi connectivity index (χ1) is 12.9. The summed E-state index contributed by atoms with van der Waals surface area (Å²) < 4.78 is 37.5. The van der Waals surface area contributed by atoms with E-state index in [1.807, 2.05) is 0 Å². The van der Waals surface area contributed by atoms with Crippen molar-refractivity contribution in [3.8, 4) is 0 Å². The smallest absolute Gasteiger partial charge is 0.336 e. The van der Waals surface area contributed by atoms with E-state index in [9.17, 15) is 13.2 Å².